The van der Waals surface area contributed by atoms with E-state index < -0.39 is 0 Å². The molecule has 1 aliphatic heterocycles. The Kier molecular flexibility index (Phi) is 5.58. The number of hydrogen-bond acceptors (Lipinski definition) is 3. The molecule has 0 bridgehead atoms. The van der Waals surface area contributed by atoms with E-state index in [-0.39, 0.29) is 0 Å². The van der Waals surface area contributed by atoms with Crippen molar-refractivity contribution < 1.29 is 0 Å². The topological polar surface area (TPSA) is 32.5 Å². The summed E-state index contributed by atoms with van der Waals surface area (Å²) in [6.45, 7) is 8.92. The molecule has 90 valence electrons. The van der Waals surface area contributed by atoms with Gasteiger partial charge >= 0.3 is 0 Å². The monoisotopic (exact) mass is 213 g/mol. The Bertz CT molecular complexity index is 170. The molecule has 3 nitrogen and oxygen atoms in total. The van der Waals surface area contributed by atoms with Gasteiger partial charge in [0.25, 0.3) is 0 Å². The van der Waals surface area contributed by atoms with Crippen LogP contribution in [0.5, 0.6) is 0 Å². The zero-order valence-corrected chi connectivity index (χ0v) is 10.6. The Morgan fingerprint density at radius 2 is 2.07 bits per heavy atom. The predicted molar refractivity (Wildman–Crippen MR) is 66.0 cm³/mol. The third kappa shape index (κ3) is 4.09. The lowest BCUT2D eigenvalue weighted by Gasteiger charge is -2.27. The molecular formula is C12H27N3. The lowest BCUT2D eigenvalue weighted by molar-refractivity contribution is 0.204. The Hall–Kier alpha value is -0.120. The third-order valence-electron chi connectivity index (χ3n) is 3.57. The number of hydrogen-bond donors (Lipinski definition) is 1. The van der Waals surface area contributed by atoms with Gasteiger partial charge in [0.1, 0.15) is 0 Å². The van der Waals surface area contributed by atoms with Gasteiger partial charge in [0, 0.05) is 25.2 Å². The summed E-state index contributed by atoms with van der Waals surface area (Å²) < 4.78 is 0. The Morgan fingerprint density at radius 1 is 1.33 bits per heavy atom. The van der Waals surface area contributed by atoms with Crippen molar-refractivity contribution in [2.45, 2.75) is 45.2 Å². The van der Waals surface area contributed by atoms with E-state index in [0.29, 0.717) is 6.04 Å². The molecule has 1 heterocycles. The van der Waals surface area contributed by atoms with Crippen LogP contribution in [0.25, 0.3) is 0 Å². The molecule has 1 rings (SSSR count). The molecule has 1 unspecified atom stereocenters. The number of rotatable bonds is 4. The molecule has 0 aromatic heterocycles. The molecule has 2 N–H and O–H groups in total. The fraction of sp³-hybridized carbons (Fsp3) is 1.00. The molecule has 0 spiro atoms. The van der Waals surface area contributed by atoms with Gasteiger partial charge in [-0.2, -0.15) is 0 Å². The summed E-state index contributed by atoms with van der Waals surface area (Å²) >= 11 is 0. The van der Waals surface area contributed by atoms with E-state index in [4.69, 9.17) is 5.73 Å². The lowest BCUT2D eigenvalue weighted by atomic mass is 10.1. The van der Waals surface area contributed by atoms with Crippen LogP contribution >= 0.6 is 0 Å². The summed E-state index contributed by atoms with van der Waals surface area (Å²) in [6.07, 6.45) is 3.96. The molecule has 0 aromatic rings. The van der Waals surface area contributed by atoms with Crippen LogP contribution in [0.15, 0.2) is 0 Å². The summed E-state index contributed by atoms with van der Waals surface area (Å²) in [4.78, 5) is 5.03. The minimum Gasteiger partial charge on any atom is -0.329 e. The van der Waals surface area contributed by atoms with Gasteiger partial charge in [0.05, 0.1) is 0 Å². The summed E-state index contributed by atoms with van der Waals surface area (Å²) in [7, 11) is 2.21. The van der Waals surface area contributed by atoms with Gasteiger partial charge in [-0.25, -0.2) is 0 Å². The quantitative estimate of drug-likeness (QED) is 0.760. The van der Waals surface area contributed by atoms with E-state index in [1.807, 2.05) is 0 Å². The van der Waals surface area contributed by atoms with Gasteiger partial charge in [0.15, 0.2) is 0 Å². The van der Waals surface area contributed by atoms with E-state index >= 15 is 0 Å². The van der Waals surface area contributed by atoms with Gasteiger partial charge < -0.3 is 15.5 Å². The Morgan fingerprint density at radius 3 is 2.67 bits per heavy atom. The number of likely N-dealkylation sites (N-methyl/N-ethyl adjacent to an activating group) is 1. The van der Waals surface area contributed by atoms with Crippen molar-refractivity contribution >= 4 is 0 Å². The second-order valence-electron chi connectivity index (χ2n) is 4.98. The summed E-state index contributed by atoms with van der Waals surface area (Å²) in [5.74, 6) is 0. The summed E-state index contributed by atoms with van der Waals surface area (Å²) in [5, 5.41) is 0. The molecule has 15 heavy (non-hydrogen) atoms. The lowest BCUT2D eigenvalue weighted by Crippen LogP contribution is -2.37. The predicted octanol–water partition coefficient (Wildman–Crippen LogP) is 1.14. The fourth-order valence-electron chi connectivity index (χ4n) is 2.44. The Balaban J connectivity index is 2.38. The van der Waals surface area contributed by atoms with Crippen molar-refractivity contribution in [1.29, 1.82) is 0 Å². The normalized spacial score (nSPS) is 24.8. The van der Waals surface area contributed by atoms with Crippen molar-refractivity contribution in [2.75, 3.05) is 33.2 Å². The van der Waals surface area contributed by atoms with Crippen LogP contribution in [0.2, 0.25) is 0 Å². The first-order valence-electron chi connectivity index (χ1n) is 6.29. The summed E-state index contributed by atoms with van der Waals surface area (Å²) in [6, 6.07) is 1.45. The molecule has 0 aliphatic carbocycles. The molecule has 3 heteroatoms. The van der Waals surface area contributed by atoms with E-state index in [2.05, 4.69) is 30.7 Å². The number of likely N-dealkylation sites (tertiary alicyclic amines) is 1. The van der Waals surface area contributed by atoms with E-state index in [9.17, 15) is 0 Å². The molecule has 0 saturated carbocycles. The van der Waals surface area contributed by atoms with Crippen molar-refractivity contribution in [2.24, 2.45) is 5.73 Å². The average molecular weight is 213 g/mol. The molecule has 1 atom stereocenters. The maximum atomic E-state index is 5.60. The zero-order valence-electron chi connectivity index (χ0n) is 10.6. The van der Waals surface area contributed by atoms with Crippen LogP contribution in [-0.2, 0) is 0 Å². The number of nitrogens with two attached hydrogens (primary N) is 1. The minimum absolute atomic E-state index is 0.698. The second kappa shape index (κ2) is 6.46. The smallest absolute Gasteiger partial charge is 0.0105 e. The van der Waals surface area contributed by atoms with Crippen LogP contribution in [0.1, 0.15) is 33.1 Å². The van der Waals surface area contributed by atoms with Crippen molar-refractivity contribution in [1.82, 2.24) is 9.80 Å². The standard InChI is InChI=1S/C12H27N3/c1-11(2)15-8-4-5-12(6-9-15)14(3)10-7-13/h11-12H,4-10,13H2,1-3H3. The maximum absolute atomic E-state index is 5.60. The van der Waals surface area contributed by atoms with E-state index in [0.717, 1.165) is 19.1 Å². The first kappa shape index (κ1) is 12.9. The van der Waals surface area contributed by atoms with Gasteiger partial charge in [-0.05, 0) is 53.2 Å². The highest BCUT2D eigenvalue weighted by Gasteiger charge is 2.20. The molecular weight excluding hydrogens is 186 g/mol. The Labute approximate surface area is 94.6 Å². The zero-order chi connectivity index (χ0) is 11.3. The first-order chi connectivity index (χ1) is 7.15. The van der Waals surface area contributed by atoms with Gasteiger partial charge in [-0.1, -0.05) is 0 Å². The van der Waals surface area contributed by atoms with Crippen molar-refractivity contribution in [3.8, 4) is 0 Å². The van der Waals surface area contributed by atoms with Crippen molar-refractivity contribution in [3.05, 3.63) is 0 Å². The van der Waals surface area contributed by atoms with Crippen LogP contribution in [0.4, 0.5) is 0 Å². The minimum atomic E-state index is 0.698. The van der Waals surface area contributed by atoms with Gasteiger partial charge in [0.2, 0.25) is 0 Å². The van der Waals surface area contributed by atoms with Crippen LogP contribution in [-0.4, -0.2) is 55.1 Å². The largest absolute Gasteiger partial charge is 0.329 e. The highest BCUT2D eigenvalue weighted by Crippen LogP contribution is 2.16. The van der Waals surface area contributed by atoms with Crippen molar-refractivity contribution in [3.63, 3.8) is 0 Å². The molecule has 0 amide bonds. The van der Waals surface area contributed by atoms with E-state index in [1.54, 1.807) is 0 Å². The van der Waals surface area contributed by atoms with Gasteiger partial charge in [-0.15, -0.1) is 0 Å². The average Bonchev–Trinajstić information content (AvgIpc) is 2.43. The van der Waals surface area contributed by atoms with Crippen LogP contribution in [0.3, 0.4) is 0 Å². The third-order valence-corrected chi connectivity index (χ3v) is 3.57. The molecule has 0 aromatic carbocycles. The number of nitrogens with zero attached hydrogens (tertiary/aromatic N) is 2. The fourth-order valence-corrected chi connectivity index (χ4v) is 2.44. The van der Waals surface area contributed by atoms with E-state index in [1.165, 1.54) is 32.4 Å². The maximum Gasteiger partial charge on any atom is 0.0105 e. The highest BCUT2D eigenvalue weighted by molar-refractivity contribution is 4.77. The first-order valence-corrected chi connectivity index (χ1v) is 6.29. The van der Waals surface area contributed by atoms with Crippen LogP contribution in [0, 0.1) is 0 Å². The molecule has 1 aliphatic rings. The SMILES string of the molecule is CC(C)N1CCCC(N(C)CCN)CC1. The molecule has 0 radical (unpaired) electrons. The molecule has 1 fully saturated rings. The second-order valence-corrected chi connectivity index (χ2v) is 4.98. The highest BCUT2D eigenvalue weighted by atomic mass is 15.2. The summed E-state index contributed by atoms with van der Waals surface area (Å²) in [5.41, 5.74) is 5.60. The van der Waals surface area contributed by atoms with Gasteiger partial charge in [-0.3, -0.25) is 0 Å². The van der Waals surface area contributed by atoms with Crippen LogP contribution < -0.4 is 5.73 Å². The molecule has 1 saturated heterocycles.